The van der Waals surface area contributed by atoms with E-state index < -0.39 is 47.2 Å². The summed E-state index contributed by atoms with van der Waals surface area (Å²) in [6.07, 6.45) is 2.43. The number of ketones is 1. The van der Waals surface area contributed by atoms with Gasteiger partial charge in [0.15, 0.2) is 11.6 Å². The van der Waals surface area contributed by atoms with Crippen molar-refractivity contribution >= 4 is 33.7 Å². The Kier molecular flexibility index (Phi) is 9.72. The van der Waals surface area contributed by atoms with Crippen LogP contribution in [0.4, 0.5) is 4.79 Å². The number of rotatable bonds is 11. The molecule has 9 heteroatoms. The van der Waals surface area contributed by atoms with Gasteiger partial charge in [-0.1, -0.05) is 57.0 Å². The maximum atomic E-state index is 14.1. The summed E-state index contributed by atoms with van der Waals surface area (Å²) in [6, 6.07) is 8.69. The van der Waals surface area contributed by atoms with Gasteiger partial charge in [-0.3, -0.25) is 9.59 Å². The van der Waals surface area contributed by atoms with Crippen LogP contribution in [-0.4, -0.2) is 63.0 Å². The summed E-state index contributed by atoms with van der Waals surface area (Å²) in [7, 11) is 0. The molecular formula is C28H38BrNO7. The third-order valence-corrected chi connectivity index (χ3v) is 7.90. The molecule has 1 saturated heterocycles. The number of aliphatic hydroxyl groups is 2. The molecule has 2 aliphatic heterocycles. The molecule has 2 amide bonds. The van der Waals surface area contributed by atoms with Crippen molar-refractivity contribution in [2.24, 2.45) is 11.8 Å². The Balaban J connectivity index is 1.94. The molecule has 0 radical (unpaired) electrons. The maximum absolute atomic E-state index is 14.1. The number of carbonyl (C=O) groups excluding carboxylic acids is 3. The van der Waals surface area contributed by atoms with Crippen LogP contribution in [0.3, 0.4) is 0 Å². The summed E-state index contributed by atoms with van der Waals surface area (Å²) in [5.74, 6) is -3.95. The molecule has 2 N–H and O–H groups in total. The highest BCUT2D eigenvalue weighted by Crippen LogP contribution is 2.40. The van der Waals surface area contributed by atoms with Crippen LogP contribution < -0.4 is 0 Å². The maximum Gasteiger partial charge on any atom is 0.417 e. The first kappa shape index (κ1) is 29.5. The molecule has 8 nitrogen and oxygen atoms in total. The van der Waals surface area contributed by atoms with Crippen molar-refractivity contribution in [2.75, 3.05) is 6.61 Å². The Morgan fingerprint density at radius 2 is 1.76 bits per heavy atom. The lowest BCUT2D eigenvalue weighted by Gasteiger charge is -2.39. The first-order valence-corrected chi connectivity index (χ1v) is 13.7. The van der Waals surface area contributed by atoms with Crippen LogP contribution >= 0.6 is 15.9 Å². The van der Waals surface area contributed by atoms with Crippen molar-refractivity contribution in [2.45, 2.75) is 89.8 Å². The van der Waals surface area contributed by atoms with Crippen molar-refractivity contribution in [1.29, 1.82) is 0 Å². The van der Waals surface area contributed by atoms with E-state index in [2.05, 4.69) is 15.9 Å². The highest BCUT2D eigenvalue weighted by Gasteiger charge is 2.55. The van der Waals surface area contributed by atoms with Crippen molar-refractivity contribution in [1.82, 2.24) is 4.90 Å². The van der Waals surface area contributed by atoms with Gasteiger partial charge in [-0.2, -0.15) is 0 Å². The van der Waals surface area contributed by atoms with Gasteiger partial charge in [0, 0.05) is 13.0 Å². The smallest absolute Gasteiger partial charge is 0.417 e. The number of hydrogen-bond acceptors (Lipinski definition) is 7. The van der Waals surface area contributed by atoms with Crippen LogP contribution in [0.1, 0.15) is 65.4 Å². The molecule has 0 spiro atoms. The number of imide groups is 1. The van der Waals surface area contributed by atoms with Crippen LogP contribution in [0.5, 0.6) is 0 Å². The molecule has 4 atom stereocenters. The Hall–Kier alpha value is -2.07. The highest BCUT2D eigenvalue weighted by atomic mass is 79.9. The second-order valence-electron chi connectivity index (χ2n) is 10.8. The van der Waals surface area contributed by atoms with E-state index in [4.69, 9.17) is 14.6 Å². The second kappa shape index (κ2) is 12.2. The van der Waals surface area contributed by atoms with E-state index in [9.17, 15) is 19.5 Å². The topological polar surface area (TPSA) is 113 Å². The van der Waals surface area contributed by atoms with E-state index in [0.29, 0.717) is 12.8 Å². The van der Waals surface area contributed by atoms with Gasteiger partial charge in [0.25, 0.3) is 0 Å². The lowest BCUT2D eigenvalue weighted by Crippen LogP contribution is -2.55. The Bertz CT molecular complexity index is 1010. The fraction of sp³-hybridized carbons (Fsp3) is 0.607. The Labute approximate surface area is 227 Å². The molecular weight excluding hydrogens is 542 g/mol. The van der Waals surface area contributed by atoms with Crippen LogP contribution in [0, 0.1) is 11.8 Å². The highest BCUT2D eigenvalue weighted by molar-refractivity contribution is 9.11. The van der Waals surface area contributed by atoms with Gasteiger partial charge in [0.05, 0.1) is 16.4 Å². The van der Waals surface area contributed by atoms with E-state index in [-0.39, 0.29) is 29.8 Å². The van der Waals surface area contributed by atoms with Gasteiger partial charge in [-0.15, -0.1) is 0 Å². The number of unbranched alkanes of at least 4 members (excludes halogenated alkanes) is 3. The molecule has 1 aromatic carbocycles. The first-order valence-electron chi connectivity index (χ1n) is 12.9. The van der Waals surface area contributed by atoms with E-state index in [1.54, 1.807) is 13.8 Å². The largest absolute Gasteiger partial charge is 0.441 e. The van der Waals surface area contributed by atoms with Crippen LogP contribution in [-0.2, 0) is 25.5 Å². The molecule has 3 rings (SSSR count). The predicted octanol–water partition coefficient (Wildman–Crippen LogP) is 4.51. The summed E-state index contributed by atoms with van der Waals surface area (Å²) in [4.78, 5) is 41.4. The summed E-state index contributed by atoms with van der Waals surface area (Å²) >= 11 is 3.29. The Morgan fingerprint density at radius 3 is 2.38 bits per heavy atom. The van der Waals surface area contributed by atoms with E-state index in [1.807, 2.05) is 44.2 Å². The quantitative estimate of drug-likeness (QED) is 0.371. The predicted molar refractivity (Wildman–Crippen MR) is 142 cm³/mol. The summed E-state index contributed by atoms with van der Waals surface area (Å²) in [5.41, 5.74) is -0.0974. The third-order valence-electron chi connectivity index (χ3n) is 7.06. The molecule has 1 fully saturated rings. The fourth-order valence-corrected chi connectivity index (χ4v) is 5.91. The number of aliphatic hydroxyl groups excluding tert-OH is 1. The molecule has 1 aromatic rings. The molecule has 204 valence electrons. The molecule has 0 saturated carbocycles. The number of carbonyl (C=O) groups is 3. The van der Waals surface area contributed by atoms with Gasteiger partial charge < -0.3 is 19.7 Å². The van der Waals surface area contributed by atoms with Crippen molar-refractivity contribution < 1.29 is 34.1 Å². The molecule has 0 unspecified atom stereocenters. The average molecular weight is 581 g/mol. The number of cyclic esters (lactones) is 1. The minimum absolute atomic E-state index is 0.0874. The number of amides is 2. The minimum atomic E-state index is -1.78. The number of nitrogens with zero attached hydrogens (tertiary/aromatic N) is 1. The lowest BCUT2D eigenvalue weighted by molar-refractivity contribution is -0.218. The SMILES string of the molecule is CC(C)[C@@H]1N(C(=O)[C@@H](Cc2ccccc2)[C@@H]2O[C@](O)(CCCCCCO)C(Br)=CC2=O)C(=O)OC1(C)C. The van der Waals surface area contributed by atoms with Crippen molar-refractivity contribution in [3.05, 3.63) is 46.5 Å². The molecule has 2 aliphatic rings. The van der Waals surface area contributed by atoms with Crippen molar-refractivity contribution in [3.8, 4) is 0 Å². The summed E-state index contributed by atoms with van der Waals surface area (Å²) in [5, 5.41) is 20.4. The normalized spacial score (nSPS) is 26.3. The standard InChI is InChI=1S/C28H38BrNO7/c1-18(2)24-27(3,4)37-26(34)30(24)25(33)20(16-19-12-8-7-9-13-19)23-21(32)17-22(29)28(35,36-23)14-10-5-6-11-15-31/h7-9,12-13,17-18,20,23-24,31,35H,5-6,10-11,14-16H2,1-4H3/t20-,23-,24-,28+/m0/s1. The van der Waals surface area contributed by atoms with Gasteiger partial charge in [0.1, 0.15) is 11.7 Å². The second-order valence-corrected chi connectivity index (χ2v) is 11.6. The van der Waals surface area contributed by atoms with Crippen LogP contribution in [0.15, 0.2) is 40.9 Å². The lowest BCUT2D eigenvalue weighted by atomic mass is 9.85. The molecule has 0 aromatic heterocycles. The van der Waals surface area contributed by atoms with Gasteiger partial charge in [-0.05, 0) is 66.6 Å². The van der Waals surface area contributed by atoms with Crippen molar-refractivity contribution in [3.63, 3.8) is 0 Å². The molecule has 0 bridgehead atoms. The van der Waals surface area contributed by atoms with E-state index >= 15 is 0 Å². The molecule has 37 heavy (non-hydrogen) atoms. The minimum Gasteiger partial charge on any atom is -0.441 e. The van der Waals surface area contributed by atoms with Gasteiger partial charge >= 0.3 is 6.09 Å². The van der Waals surface area contributed by atoms with Crippen LogP contribution in [0.25, 0.3) is 0 Å². The van der Waals surface area contributed by atoms with Crippen LogP contribution in [0.2, 0.25) is 0 Å². The fourth-order valence-electron chi connectivity index (χ4n) is 5.39. The van der Waals surface area contributed by atoms with E-state index in [1.165, 1.54) is 6.08 Å². The number of hydrogen-bond donors (Lipinski definition) is 2. The number of halogens is 1. The number of benzene rings is 1. The zero-order valence-corrected chi connectivity index (χ0v) is 23.6. The zero-order chi connectivity index (χ0) is 27.4. The monoisotopic (exact) mass is 579 g/mol. The van der Waals surface area contributed by atoms with E-state index in [0.717, 1.165) is 23.3 Å². The summed E-state index contributed by atoms with van der Waals surface area (Å²) in [6.45, 7) is 7.48. The third kappa shape index (κ3) is 6.69. The van der Waals surface area contributed by atoms with Gasteiger partial charge in [0.2, 0.25) is 5.91 Å². The molecule has 0 aliphatic carbocycles. The summed E-state index contributed by atoms with van der Waals surface area (Å²) < 4.78 is 11.8. The average Bonchev–Trinajstić information content (AvgIpc) is 3.08. The van der Waals surface area contributed by atoms with Gasteiger partial charge in [-0.25, -0.2) is 9.69 Å². The molecule has 2 heterocycles. The first-order chi connectivity index (χ1) is 17.4. The Morgan fingerprint density at radius 1 is 1.11 bits per heavy atom. The number of ether oxygens (including phenoxy) is 2. The zero-order valence-electron chi connectivity index (χ0n) is 22.0.